The molecule has 0 aliphatic rings. The molecule has 0 bridgehead atoms. The molecular weight excluding hydrogens is 252 g/mol. The fraction of sp³-hybridized carbons (Fsp3) is 1.00. The van der Waals surface area contributed by atoms with Gasteiger partial charge >= 0.3 is 0 Å². The predicted molar refractivity (Wildman–Crippen MR) is 43.6 cm³/mol. The van der Waals surface area contributed by atoms with Crippen molar-refractivity contribution < 1.29 is 10.2 Å². The highest BCUT2D eigenvalue weighted by atomic mass is 79.9. The van der Waals surface area contributed by atoms with E-state index in [1.54, 1.807) is 13.8 Å². The summed E-state index contributed by atoms with van der Waals surface area (Å²) in [5, 5.41) is 17.5. The monoisotopic (exact) mass is 260 g/mol. The lowest BCUT2D eigenvalue weighted by Crippen LogP contribution is -2.34. The number of rotatable bonds is 2. The average molecular weight is 262 g/mol. The number of aliphatic hydroxyl groups is 2. The van der Waals surface area contributed by atoms with Crippen molar-refractivity contribution in [3.63, 3.8) is 0 Å². The first kappa shape index (κ1) is 9.88. The summed E-state index contributed by atoms with van der Waals surface area (Å²) in [6, 6.07) is 0. The Morgan fingerprint density at radius 1 is 1.22 bits per heavy atom. The molecule has 0 atom stereocenters. The van der Waals surface area contributed by atoms with Gasteiger partial charge in [0.25, 0.3) is 0 Å². The molecule has 0 saturated heterocycles. The Labute approximate surface area is 71.5 Å². The van der Waals surface area contributed by atoms with Gasteiger partial charge in [-0.25, -0.2) is 0 Å². The fourth-order valence-corrected chi connectivity index (χ4v) is 0.586. The quantitative estimate of drug-likeness (QED) is 0.584. The molecule has 0 amide bonds. The van der Waals surface area contributed by atoms with Crippen LogP contribution in [-0.2, 0) is 0 Å². The Balaban J connectivity index is 4.01. The smallest absolute Gasteiger partial charge is 0.158 e. The molecule has 2 nitrogen and oxygen atoms in total. The van der Waals surface area contributed by atoms with Gasteiger partial charge in [-0.1, -0.05) is 45.7 Å². The molecule has 0 heterocycles. The lowest BCUT2D eigenvalue weighted by Gasteiger charge is -2.27. The molecule has 0 aromatic heterocycles. The van der Waals surface area contributed by atoms with E-state index < -0.39 is 11.7 Å². The third kappa shape index (κ3) is 2.53. The van der Waals surface area contributed by atoms with E-state index in [9.17, 15) is 0 Å². The average Bonchev–Trinajstić information content (AvgIpc) is 1.65. The van der Waals surface area contributed by atoms with Crippen LogP contribution in [0.4, 0.5) is 0 Å². The molecular formula is C5H10Br2O2. The van der Waals surface area contributed by atoms with Crippen molar-refractivity contribution in [2.75, 3.05) is 0 Å². The SMILES string of the molecule is CC(C)(C(O)O)C(Br)Br. The van der Waals surface area contributed by atoms with Crippen molar-refractivity contribution in [1.29, 1.82) is 0 Å². The topological polar surface area (TPSA) is 40.5 Å². The van der Waals surface area contributed by atoms with Gasteiger partial charge in [0.2, 0.25) is 0 Å². The summed E-state index contributed by atoms with van der Waals surface area (Å²) >= 11 is 6.39. The molecule has 0 aromatic rings. The Bertz CT molecular complexity index is 81.0. The van der Waals surface area contributed by atoms with Gasteiger partial charge in [-0.15, -0.1) is 0 Å². The van der Waals surface area contributed by atoms with Crippen molar-refractivity contribution in [2.24, 2.45) is 5.41 Å². The highest BCUT2D eigenvalue weighted by Gasteiger charge is 2.32. The minimum atomic E-state index is -1.30. The predicted octanol–water partition coefficient (Wildman–Crippen LogP) is 1.44. The summed E-state index contributed by atoms with van der Waals surface area (Å²) < 4.78 is -0.0856. The molecule has 0 aliphatic heterocycles. The first-order valence-corrected chi connectivity index (χ1v) is 4.36. The lowest BCUT2D eigenvalue weighted by molar-refractivity contribution is -0.113. The van der Waals surface area contributed by atoms with E-state index in [4.69, 9.17) is 10.2 Å². The van der Waals surface area contributed by atoms with E-state index >= 15 is 0 Å². The van der Waals surface area contributed by atoms with Gasteiger partial charge in [0.05, 0.1) is 3.74 Å². The molecule has 0 radical (unpaired) electrons. The second-order valence-electron chi connectivity index (χ2n) is 2.50. The summed E-state index contributed by atoms with van der Waals surface area (Å²) in [6.07, 6.45) is -1.30. The number of alkyl halides is 2. The normalized spacial score (nSPS) is 13.3. The van der Waals surface area contributed by atoms with Crippen molar-refractivity contribution in [2.45, 2.75) is 23.9 Å². The summed E-state index contributed by atoms with van der Waals surface area (Å²) in [7, 11) is 0. The van der Waals surface area contributed by atoms with Crippen LogP contribution < -0.4 is 0 Å². The van der Waals surface area contributed by atoms with Gasteiger partial charge in [0.15, 0.2) is 6.29 Å². The maximum absolute atomic E-state index is 8.75. The second-order valence-corrected chi connectivity index (χ2v) is 5.56. The first-order valence-electron chi connectivity index (χ1n) is 2.53. The van der Waals surface area contributed by atoms with Gasteiger partial charge in [0, 0.05) is 5.41 Å². The Kier molecular flexibility index (Phi) is 3.65. The molecule has 9 heavy (non-hydrogen) atoms. The maximum Gasteiger partial charge on any atom is 0.158 e. The number of halogens is 2. The largest absolute Gasteiger partial charge is 0.368 e. The van der Waals surface area contributed by atoms with Gasteiger partial charge in [-0.3, -0.25) is 0 Å². The number of hydrogen-bond donors (Lipinski definition) is 2. The summed E-state index contributed by atoms with van der Waals surface area (Å²) in [5.74, 6) is 0. The molecule has 0 spiro atoms. The summed E-state index contributed by atoms with van der Waals surface area (Å²) in [6.45, 7) is 3.48. The molecule has 0 unspecified atom stereocenters. The Hall–Kier alpha value is 0.880. The van der Waals surface area contributed by atoms with E-state index in [2.05, 4.69) is 31.9 Å². The highest BCUT2D eigenvalue weighted by molar-refractivity contribution is 9.24. The van der Waals surface area contributed by atoms with Crippen molar-refractivity contribution in [3.05, 3.63) is 0 Å². The van der Waals surface area contributed by atoms with E-state index in [1.807, 2.05) is 0 Å². The number of aliphatic hydroxyl groups excluding tert-OH is 1. The molecule has 0 saturated carbocycles. The van der Waals surface area contributed by atoms with Crippen LogP contribution in [0.25, 0.3) is 0 Å². The Morgan fingerprint density at radius 2 is 1.56 bits per heavy atom. The van der Waals surface area contributed by atoms with Crippen molar-refractivity contribution in [3.8, 4) is 0 Å². The third-order valence-electron chi connectivity index (χ3n) is 1.23. The lowest BCUT2D eigenvalue weighted by atomic mass is 9.96. The minimum absolute atomic E-state index is 0.0856. The van der Waals surface area contributed by atoms with Crippen LogP contribution in [0, 0.1) is 5.41 Å². The van der Waals surface area contributed by atoms with Crippen LogP contribution in [0.2, 0.25) is 0 Å². The van der Waals surface area contributed by atoms with E-state index in [1.165, 1.54) is 0 Å². The molecule has 56 valence electrons. The van der Waals surface area contributed by atoms with Crippen LogP contribution in [0.15, 0.2) is 0 Å². The molecule has 0 rings (SSSR count). The van der Waals surface area contributed by atoms with E-state index in [0.29, 0.717) is 0 Å². The Morgan fingerprint density at radius 3 is 1.56 bits per heavy atom. The summed E-state index contributed by atoms with van der Waals surface area (Å²) in [5.41, 5.74) is -0.556. The van der Waals surface area contributed by atoms with Crippen molar-refractivity contribution in [1.82, 2.24) is 0 Å². The first-order chi connectivity index (χ1) is 3.89. The second kappa shape index (κ2) is 3.32. The molecule has 0 aromatic carbocycles. The molecule has 0 aliphatic carbocycles. The van der Waals surface area contributed by atoms with Crippen LogP contribution in [0.5, 0.6) is 0 Å². The zero-order chi connectivity index (χ0) is 7.65. The maximum atomic E-state index is 8.75. The standard InChI is InChI=1S/C5H10Br2O2/c1-5(2,3(6)7)4(8)9/h3-4,8-9H,1-2H3. The van der Waals surface area contributed by atoms with Gasteiger partial charge in [-0.05, 0) is 0 Å². The zero-order valence-electron chi connectivity index (χ0n) is 5.31. The number of hydrogen-bond acceptors (Lipinski definition) is 2. The van der Waals surface area contributed by atoms with E-state index in [-0.39, 0.29) is 3.74 Å². The van der Waals surface area contributed by atoms with E-state index in [0.717, 1.165) is 0 Å². The highest BCUT2D eigenvalue weighted by Crippen LogP contribution is 2.33. The summed E-state index contributed by atoms with van der Waals surface area (Å²) in [4.78, 5) is 0. The van der Waals surface area contributed by atoms with Crippen LogP contribution in [-0.4, -0.2) is 20.2 Å². The van der Waals surface area contributed by atoms with Crippen molar-refractivity contribution >= 4 is 31.9 Å². The van der Waals surface area contributed by atoms with Crippen LogP contribution in [0.1, 0.15) is 13.8 Å². The fourth-order valence-electron chi connectivity index (χ4n) is 0.113. The van der Waals surface area contributed by atoms with Crippen LogP contribution >= 0.6 is 31.9 Å². The molecule has 4 heteroatoms. The van der Waals surface area contributed by atoms with Crippen LogP contribution in [0.3, 0.4) is 0 Å². The third-order valence-corrected chi connectivity index (χ3v) is 3.59. The molecule has 0 fully saturated rings. The molecule has 2 N–H and O–H groups in total. The minimum Gasteiger partial charge on any atom is -0.368 e. The van der Waals surface area contributed by atoms with Gasteiger partial charge in [-0.2, -0.15) is 0 Å². The van der Waals surface area contributed by atoms with Gasteiger partial charge < -0.3 is 10.2 Å². The zero-order valence-corrected chi connectivity index (χ0v) is 8.48. The van der Waals surface area contributed by atoms with Gasteiger partial charge in [0.1, 0.15) is 0 Å².